The number of terminal acetylenes is 1. The quantitative estimate of drug-likeness (QED) is 0.472. The smallest absolute Gasteiger partial charge is 0.226 e. The van der Waals surface area contributed by atoms with E-state index < -0.39 is 0 Å². The number of hydrogen-bond donors (Lipinski definition) is 1. The van der Waals surface area contributed by atoms with Gasteiger partial charge >= 0.3 is 0 Å². The van der Waals surface area contributed by atoms with Gasteiger partial charge in [0.2, 0.25) is 5.91 Å². The molecule has 0 saturated carbocycles. The van der Waals surface area contributed by atoms with Crippen molar-refractivity contribution in [1.29, 1.82) is 0 Å². The fourth-order valence-corrected chi connectivity index (χ4v) is 4.14. The number of anilines is 1. The molecule has 0 bridgehead atoms. The lowest BCUT2D eigenvalue weighted by molar-refractivity contribution is -0.116. The summed E-state index contributed by atoms with van der Waals surface area (Å²) in [5.74, 6) is 5.03. The van der Waals surface area contributed by atoms with Crippen LogP contribution >= 0.6 is 0 Å². The van der Waals surface area contributed by atoms with Gasteiger partial charge in [0.15, 0.2) is 28.8 Å². The number of carbonyl (C=O) groups is 1. The van der Waals surface area contributed by atoms with E-state index in [1.807, 2.05) is 38.1 Å². The predicted molar refractivity (Wildman–Crippen MR) is 120 cm³/mol. The SMILES string of the molecule is C#CCOc1ccc([C@@H]2CC(=O)Nc3c2c(C)nn3-c2ccc3nnc(C)n3n2)cc1OC. The molecular weight excluding hydrogens is 422 g/mol. The highest BCUT2D eigenvalue weighted by molar-refractivity contribution is 5.95. The first-order valence-electron chi connectivity index (χ1n) is 10.3. The Morgan fingerprint density at radius 1 is 1.18 bits per heavy atom. The van der Waals surface area contributed by atoms with Gasteiger partial charge in [-0.25, -0.2) is 0 Å². The summed E-state index contributed by atoms with van der Waals surface area (Å²) < 4.78 is 14.3. The molecule has 1 N–H and O–H groups in total. The summed E-state index contributed by atoms with van der Waals surface area (Å²) in [6, 6.07) is 9.21. The van der Waals surface area contributed by atoms with Gasteiger partial charge in [0.25, 0.3) is 0 Å². The van der Waals surface area contributed by atoms with Gasteiger partial charge in [-0.2, -0.15) is 14.3 Å². The Labute approximate surface area is 189 Å². The summed E-state index contributed by atoms with van der Waals surface area (Å²) >= 11 is 0. The molecular formula is C23H21N7O3. The fraction of sp³-hybridized carbons (Fsp3) is 0.261. The average molecular weight is 443 g/mol. The molecule has 10 heteroatoms. The van der Waals surface area contributed by atoms with E-state index in [1.165, 1.54) is 0 Å². The van der Waals surface area contributed by atoms with Gasteiger partial charge in [0, 0.05) is 17.9 Å². The summed E-state index contributed by atoms with van der Waals surface area (Å²) in [6.07, 6.45) is 5.58. The first kappa shape index (κ1) is 20.5. The van der Waals surface area contributed by atoms with Crippen molar-refractivity contribution in [2.75, 3.05) is 19.0 Å². The van der Waals surface area contributed by atoms with Crippen molar-refractivity contribution in [3.8, 4) is 29.7 Å². The molecule has 0 fully saturated rings. The Morgan fingerprint density at radius 3 is 2.82 bits per heavy atom. The molecule has 5 rings (SSSR count). The number of nitrogens with zero attached hydrogens (tertiary/aromatic N) is 6. The van der Waals surface area contributed by atoms with Gasteiger partial charge in [0.05, 0.1) is 12.8 Å². The van der Waals surface area contributed by atoms with Gasteiger partial charge in [-0.05, 0) is 43.7 Å². The first-order chi connectivity index (χ1) is 16.0. The van der Waals surface area contributed by atoms with Gasteiger partial charge in [-0.15, -0.1) is 21.7 Å². The summed E-state index contributed by atoms with van der Waals surface area (Å²) in [5.41, 5.74) is 3.27. The van der Waals surface area contributed by atoms with Gasteiger partial charge in [-0.1, -0.05) is 12.0 Å². The van der Waals surface area contributed by atoms with Crippen molar-refractivity contribution in [3.63, 3.8) is 0 Å². The molecule has 0 aliphatic carbocycles. The number of rotatable bonds is 5. The monoisotopic (exact) mass is 443 g/mol. The van der Waals surface area contributed by atoms with E-state index in [4.69, 9.17) is 21.0 Å². The lowest BCUT2D eigenvalue weighted by Crippen LogP contribution is -2.25. The van der Waals surface area contributed by atoms with E-state index >= 15 is 0 Å². The number of aromatic nitrogens is 6. The molecule has 4 heterocycles. The van der Waals surface area contributed by atoms with Crippen LogP contribution in [0.25, 0.3) is 11.5 Å². The number of benzene rings is 1. The average Bonchev–Trinajstić information content (AvgIpc) is 3.36. The molecule has 4 aromatic rings. The van der Waals surface area contributed by atoms with Gasteiger partial charge in [-0.3, -0.25) is 4.79 Å². The van der Waals surface area contributed by atoms with Crippen molar-refractivity contribution in [2.24, 2.45) is 0 Å². The van der Waals surface area contributed by atoms with Crippen LogP contribution in [0.15, 0.2) is 30.3 Å². The molecule has 1 aromatic carbocycles. The van der Waals surface area contributed by atoms with Crippen molar-refractivity contribution >= 4 is 17.4 Å². The Morgan fingerprint density at radius 2 is 2.03 bits per heavy atom. The van der Waals surface area contributed by atoms with Crippen LogP contribution in [0.1, 0.15) is 35.0 Å². The van der Waals surface area contributed by atoms with E-state index in [0.717, 1.165) is 16.8 Å². The zero-order chi connectivity index (χ0) is 23.1. The molecule has 0 saturated heterocycles. The Hall–Kier alpha value is -4.39. The second kappa shape index (κ2) is 7.94. The van der Waals surface area contributed by atoms with Crippen molar-refractivity contribution in [1.82, 2.24) is 29.6 Å². The maximum Gasteiger partial charge on any atom is 0.226 e. The maximum atomic E-state index is 12.7. The molecule has 0 radical (unpaired) electrons. The zero-order valence-electron chi connectivity index (χ0n) is 18.4. The van der Waals surface area contributed by atoms with E-state index in [0.29, 0.717) is 34.6 Å². The van der Waals surface area contributed by atoms with E-state index in [1.54, 1.807) is 22.4 Å². The normalized spacial score (nSPS) is 15.1. The van der Waals surface area contributed by atoms with Crippen LogP contribution < -0.4 is 14.8 Å². The van der Waals surface area contributed by atoms with Crippen LogP contribution in [0.3, 0.4) is 0 Å². The highest BCUT2D eigenvalue weighted by atomic mass is 16.5. The number of nitrogens with one attached hydrogen (secondary N) is 1. The van der Waals surface area contributed by atoms with Crippen molar-refractivity contribution in [3.05, 3.63) is 53.0 Å². The number of carbonyl (C=O) groups excluding carboxylic acids is 1. The lowest BCUT2D eigenvalue weighted by atomic mass is 9.85. The standard InChI is InChI=1S/C23H21N7O3/c1-5-10-33-17-7-6-15(11-18(17)32-4)16-12-21(31)24-23-22(16)13(2)27-30(23)20-9-8-19-26-25-14(3)29(19)28-20/h1,6-9,11,16H,10,12H2,2-4H3,(H,24,31)/t16-/m0/s1. The zero-order valence-corrected chi connectivity index (χ0v) is 18.4. The highest BCUT2D eigenvalue weighted by Crippen LogP contribution is 2.42. The summed E-state index contributed by atoms with van der Waals surface area (Å²) in [5, 5.41) is 20.4. The van der Waals surface area contributed by atoms with Crippen LogP contribution in [0.2, 0.25) is 0 Å². The first-order valence-corrected chi connectivity index (χ1v) is 10.3. The van der Waals surface area contributed by atoms with Gasteiger partial charge in [0.1, 0.15) is 12.4 Å². The molecule has 1 amide bonds. The van der Waals surface area contributed by atoms with Crippen LogP contribution in [-0.2, 0) is 4.79 Å². The minimum atomic E-state index is -0.210. The number of methoxy groups -OCH3 is 1. The molecule has 0 spiro atoms. The Balaban J connectivity index is 1.60. The second-order valence-electron chi connectivity index (χ2n) is 7.68. The number of hydrogen-bond acceptors (Lipinski definition) is 7. The molecule has 10 nitrogen and oxygen atoms in total. The minimum absolute atomic E-state index is 0.109. The van der Waals surface area contributed by atoms with Crippen LogP contribution in [0, 0.1) is 26.2 Å². The topological polar surface area (TPSA) is 108 Å². The summed E-state index contributed by atoms with van der Waals surface area (Å²) in [4.78, 5) is 12.7. The second-order valence-corrected chi connectivity index (χ2v) is 7.68. The third-order valence-corrected chi connectivity index (χ3v) is 5.63. The highest BCUT2D eigenvalue weighted by Gasteiger charge is 2.33. The maximum absolute atomic E-state index is 12.7. The molecule has 166 valence electrons. The molecule has 0 unspecified atom stereocenters. The molecule has 1 atom stereocenters. The molecule has 3 aromatic heterocycles. The number of aryl methyl sites for hydroxylation is 2. The largest absolute Gasteiger partial charge is 0.493 e. The fourth-order valence-electron chi connectivity index (χ4n) is 4.14. The predicted octanol–water partition coefficient (Wildman–Crippen LogP) is 2.42. The molecule has 33 heavy (non-hydrogen) atoms. The van der Waals surface area contributed by atoms with Crippen molar-refractivity contribution in [2.45, 2.75) is 26.2 Å². The molecule has 1 aliphatic heterocycles. The third kappa shape index (κ3) is 3.43. The minimum Gasteiger partial charge on any atom is -0.493 e. The van der Waals surface area contributed by atoms with Crippen LogP contribution in [0.4, 0.5) is 5.82 Å². The Bertz CT molecular complexity index is 1430. The summed E-state index contributed by atoms with van der Waals surface area (Å²) in [7, 11) is 1.57. The van der Waals surface area contributed by atoms with E-state index in [2.05, 4.69) is 26.5 Å². The number of ether oxygens (including phenoxy) is 2. The van der Waals surface area contributed by atoms with E-state index in [-0.39, 0.29) is 24.9 Å². The summed E-state index contributed by atoms with van der Waals surface area (Å²) in [6.45, 7) is 3.88. The third-order valence-electron chi connectivity index (χ3n) is 5.63. The van der Waals surface area contributed by atoms with Crippen LogP contribution in [-0.4, -0.2) is 49.2 Å². The van der Waals surface area contributed by atoms with Gasteiger partial charge < -0.3 is 14.8 Å². The lowest BCUT2D eigenvalue weighted by Gasteiger charge is -2.25. The number of amides is 1. The van der Waals surface area contributed by atoms with Crippen molar-refractivity contribution < 1.29 is 14.3 Å². The van der Waals surface area contributed by atoms with Crippen LogP contribution in [0.5, 0.6) is 11.5 Å². The van der Waals surface area contributed by atoms with E-state index in [9.17, 15) is 4.79 Å². The molecule has 1 aliphatic rings. The Kier molecular flexibility index (Phi) is 4.94. The number of fused-ring (bicyclic) bond motifs is 2.